The van der Waals surface area contributed by atoms with E-state index in [1.165, 1.54) is 5.56 Å². The number of pyridine rings is 1. The van der Waals surface area contributed by atoms with Gasteiger partial charge in [0.2, 0.25) is 0 Å². The average Bonchev–Trinajstić information content (AvgIpc) is 2.30. The Morgan fingerprint density at radius 2 is 1.80 bits per heavy atom. The fourth-order valence-electron chi connectivity index (χ4n) is 1.48. The van der Waals surface area contributed by atoms with Crippen LogP contribution in [0, 0.1) is 6.92 Å². The zero-order valence-electron chi connectivity index (χ0n) is 8.59. The van der Waals surface area contributed by atoms with Crippen LogP contribution in [0.25, 0.3) is 0 Å². The summed E-state index contributed by atoms with van der Waals surface area (Å²) in [6.07, 6.45) is 3.38. The van der Waals surface area contributed by atoms with E-state index in [1.54, 1.807) is 12.4 Å². The zero-order chi connectivity index (χ0) is 10.7. The average molecular weight is 197 g/mol. The Morgan fingerprint density at radius 3 is 2.40 bits per heavy atom. The molecule has 2 aromatic rings. The Labute approximate surface area is 89.7 Å². The van der Waals surface area contributed by atoms with Gasteiger partial charge >= 0.3 is 6.92 Å². The van der Waals surface area contributed by atoms with Gasteiger partial charge in [0.05, 0.1) is 0 Å². The van der Waals surface area contributed by atoms with Crippen LogP contribution in [0.5, 0.6) is 0 Å². The Balaban J connectivity index is 2.29. The second-order valence-corrected chi connectivity index (χ2v) is 3.60. The van der Waals surface area contributed by atoms with E-state index in [2.05, 4.69) is 4.98 Å². The summed E-state index contributed by atoms with van der Waals surface area (Å²) in [5.74, 6) is 0. The molecule has 1 aromatic carbocycles. The van der Waals surface area contributed by atoms with Crippen molar-refractivity contribution in [2.45, 2.75) is 6.92 Å². The third-order valence-corrected chi connectivity index (χ3v) is 2.39. The highest BCUT2D eigenvalue weighted by molar-refractivity contribution is 6.78. The Bertz CT molecular complexity index is 427. The fraction of sp³-hybridized carbons (Fsp3) is 0.0833. The van der Waals surface area contributed by atoms with Gasteiger partial charge in [-0.2, -0.15) is 0 Å². The van der Waals surface area contributed by atoms with Crippen LogP contribution in [-0.2, 0) is 0 Å². The van der Waals surface area contributed by atoms with Gasteiger partial charge in [-0.25, -0.2) is 0 Å². The maximum absolute atomic E-state index is 10.0. The lowest BCUT2D eigenvalue weighted by molar-refractivity contribution is 0.600. The normalized spacial score (nSPS) is 10.0. The van der Waals surface area contributed by atoms with E-state index in [4.69, 9.17) is 0 Å². The van der Waals surface area contributed by atoms with Gasteiger partial charge < -0.3 is 5.02 Å². The van der Waals surface area contributed by atoms with Gasteiger partial charge in [-0.3, -0.25) is 4.98 Å². The second-order valence-electron chi connectivity index (χ2n) is 3.60. The Hall–Kier alpha value is -1.61. The third kappa shape index (κ3) is 2.25. The number of benzene rings is 1. The SMILES string of the molecule is Cc1ccc(B(O)c2cccnc2)cc1. The third-order valence-electron chi connectivity index (χ3n) is 2.39. The second kappa shape index (κ2) is 4.28. The van der Waals surface area contributed by atoms with Crippen molar-refractivity contribution < 1.29 is 5.02 Å². The van der Waals surface area contributed by atoms with Crippen LogP contribution in [0.3, 0.4) is 0 Å². The Kier molecular flexibility index (Phi) is 2.83. The van der Waals surface area contributed by atoms with Gasteiger partial charge in [0, 0.05) is 12.4 Å². The zero-order valence-corrected chi connectivity index (χ0v) is 8.59. The van der Waals surface area contributed by atoms with Crippen LogP contribution in [0.15, 0.2) is 48.8 Å². The first-order chi connectivity index (χ1) is 7.27. The van der Waals surface area contributed by atoms with Crippen molar-refractivity contribution in [3.63, 3.8) is 0 Å². The van der Waals surface area contributed by atoms with Gasteiger partial charge in [-0.1, -0.05) is 35.9 Å². The standard InChI is InChI=1S/C12H12BNO/c1-10-4-6-11(7-5-10)13(15)12-3-2-8-14-9-12/h2-9,15H,1H3. The highest BCUT2D eigenvalue weighted by atomic mass is 16.2. The van der Waals surface area contributed by atoms with E-state index in [9.17, 15) is 5.02 Å². The molecule has 1 aromatic heterocycles. The van der Waals surface area contributed by atoms with Crippen LogP contribution in [0.2, 0.25) is 0 Å². The molecule has 2 rings (SSSR count). The monoisotopic (exact) mass is 197 g/mol. The number of hydrogen-bond acceptors (Lipinski definition) is 2. The summed E-state index contributed by atoms with van der Waals surface area (Å²) in [6, 6.07) is 11.6. The predicted octanol–water partition coefficient (Wildman–Crippen LogP) is 0.488. The van der Waals surface area contributed by atoms with Gasteiger partial charge in [0.1, 0.15) is 0 Å². The summed E-state index contributed by atoms with van der Waals surface area (Å²) < 4.78 is 0. The molecule has 0 fully saturated rings. The van der Waals surface area contributed by atoms with Crippen molar-refractivity contribution in [1.29, 1.82) is 0 Å². The van der Waals surface area contributed by atoms with E-state index >= 15 is 0 Å². The smallest absolute Gasteiger partial charge is 0.360 e. The quantitative estimate of drug-likeness (QED) is 0.710. The molecular weight excluding hydrogens is 185 g/mol. The van der Waals surface area contributed by atoms with Gasteiger partial charge in [-0.05, 0) is 23.9 Å². The summed E-state index contributed by atoms with van der Waals surface area (Å²) in [5, 5.41) is 10.0. The molecule has 3 heteroatoms. The highest BCUT2D eigenvalue weighted by Gasteiger charge is 2.16. The van der Waals surface area contributed by atoms with Crippen molar-refractivity contribution in [3.05, 3.63) is 54.4 Å². The van der Waals surface area contributed by atoms with E-state index in [-0.39, 0.29) is 0 Å². The molecule has 0 atom stereocenters. The molecule has 0 saturated heterocycles. The minimum Gasteiger partial charge on any atom is -0.443 e. The number of aromatic nitrogens is 1. The first kappa shape index (κ1) is 9.93. The Morgan fingerprint density at radius 1 is 1.07 bits per heavy atom. The van der Waals surface area contributed by atoms with Crippen molar-refractivity contribution in [2.24, 2.45) is 0 Å². The molecule has 0 aliphatic heterocycles. The molecule has 0 amide bonds. The first-order valence-electron chi connectivity index (χ1n) is 4.92. The maximum atomic E-state index is 10.0. The van der Waals surface area contributed by atoms with E-state index in [1.807, 2.05) is 43.3 Å². The molecule has 0 radical (unpaired) electrons. The predicted molar refractivity (Wildman–Crippen MR) is 62.7 cm³/mol. The molecule has 0 bridgehead atoms. The molecule has 0 aliphatic carbocycles. The van der Waals surface area contributed by atoms with Crippen molar-refractivity contribution >= 4 is 17.8 Å². The van der Waals surface area contributed by atoms with E-state index in [0.717, 1.165) is 10.9 Å². The van der Waals surface area contributed by atoms with Crippen LogP contribution in [0.1, 0.15) is 5.56 Å². The van der Waals surface area contributed by atoms with Crippen molar-refractivity contribution in [2.75, 3.05) is 0 Å². The molecule has 1 heterocycles. The molecular formula is C12H12BNO. The topological polar surface area (TPSA) is 33.1 Å². The van der Waals surface area contributed by atoms with Crippen molar-refractivity contribution in [3.8, 4) is 0 Å². The number of aryl methyl sites for hydroxylation is 1. The molecule has 2 nitrogen and oxygen atoms in total. The van der Waals surface area contributed by atoms with Gasteiger partial charge in [0.15, 0.2) is 0 Å². The summed E-state index contributed by atoms with van der Waals surface area (Å²) in [5.41, 5.74) is 2.91. The maximum Gasteiger partial charge on any atom is 0.360 e. The minimum absolute atomic E-state index is 0.584. The molecule has 0 spiro atoms. The summed E-state index contributed by atoms with van der Waals surface area (Å²) in [4.78, 5) is 3.99. The summed E-state index contributed by atoms with van der Waals surface area (Å²) >= 11 is 0. The molecule has 0 aliphatic rings. The minimum atomic E-state index is -0.584. The lowest BCUT2D eigenvalue weighted by Gasteiger charge is -2.06. The first-order valence-corrected chi connectivity index (χ1v) is 4.92. The molecule has 0 unspecified atom stereocenters. The lowest BCUT2D eigenvalue weighted by atomic mass is 9.56. The lowest BCUT2D eigenvalue weighted by Crippen LogP contribution is -2.42. The van der Waals surface area contributed by atoms with Gasteiger partial charge in [0.25, 0.3) is 0 Å². The summed E-state index contributed by atoms with van der Waals surface area (Å²) in [6.45, 7) is 1.44. The highest BCUT2D eigenvalue weighted by Crippen LogP contribution is 1.94. The van der Waals surface area contributed by atoms with E-state index in [0.29, 0.717) is 0 Å². The van der Waals surface area contributed by atoms with Crippen LogP contribution < -0.4 is 10.9 Å². The van der Waals surface area contributed by atoms with Crippen LogP contribution in [-0.4, -0.2) is 16.9 Å². The van der Waals surface area contributed by atoms with Crippen LogP contribution >= 0.6 is 0 Å². The fourth-order valence-corrected chi connectivity index (χ4v) is 1.48. The van der Waals surface area contributed by atoms with Crippen molar-refractivity contribution in [1.82, 2.24) is 4.98 Å². The molecule has 15 heavy (non-hydrogen) atoms. The van der Waals surface area contributed by atoms with E-state index < -0.39 is 6.92 Å². The van der Waals surface area contributed by atoms with Crippen LogP contribution in [0.4, 0.5) is 0 Å². The molecule has 0 saturated carbocycles. The number of nitrogens with zero attached hydrogens (tertiary/aromatic N) is 1. The number of hydrogen-bond donors (Lipinski definition) is 1. The van der Waals surface area contributed by atoms with Gasteiger partial charge in [-0.15, -0.1) is 0 Å². The largest absolute Gasteiger partial charge is 0.443 e. The molecule has 1 N–H and O–H groups in total. The summed E-state index contributed by atoms with van der Waals surface area (Å²) in [7, 11) is 0. The number of rotatable bonds is 2. The molecule has 74 valence electrons.